The maximum atomic E-state index is 10.3. The van der Waals surface area contributed by atoms with Crippen LogP contribution in [0.25, 0.3) is 28.5 Å². The number of aromatic nitrogens is 5. The predicted octanol–water partition coefficient (Wildman–Crippen LogP) is 5.03. The fourth-order valence-electron chi connectivity index (χ4n) is 3.95. The summed E-state index contributed by atoms with van der Waals surface area (Å²) in [6.45, 7) is 0. The van der Waals surface area contributed by atoms with E-state index in [2.05, 4.69) is 16.3 Å². The third-order valence-electron chi connectivity index (χ3n) is 5.53. The van der Waals surface area contributed by atoms with Crippen molar-refractivity contribution in [2.45, 2.75) is 5.16 Å². The zero-order chi connectivity index (χ0) is 22.9. The van der Waals surface area contributed by atoms with Gasteiger partial charge in [-0.05, 0) is 17.7 Å². The van der Waals surface area contributed by atoms with Crippen molar-refractivity contribution in [1.29, 1.82) is 5.26 Å². The monoisotopic (exact) mass is 459 g/mol. The minimum absolute atomic E-state index is 0.428. The van der Waals surface area contributed by atoms with Crippen LogP contribution in [0.5, 0.6) is 0 Å². The van der Waals surface area contributed by atoms with Crippen molar-refractivity contribution in [3.63, 3.8) is 0 Å². The first kappa shape index (κ1) is 20.1. The van der Waals surface area contributed by atoms with E-state index in [1.165, 1.54) is 0 Å². The molecule has 34 heavy (non-hydrogen) atoms. The lowest BCUT2D eigenvalue weighted by Crippen LogP contribution is -2.13. The average molecular weight is 460 g/mol. The largest absolute Gasteiger partial charge is 0.231 e. The summed E-state index contributed by atoms with van der Waals surface area (Å²) in [7, 11) is 0. The van der Waals surface area contributed by atoms with Gasteiger partial charge in [0.15, 0.2) is 5.69 Å². The van der Waals surface area contributed by atoms with Gasteiger partial charge in [-0.1, -0.05) is 90.6 Å². The molecule has 0 aliphatic carbocycles. The third kappa shape index (κ3) is 3.39. The molecule has 3 aromatic carbocycles. The molecule has 6 rings (SSSR count). The maximum Gasteiger partial charge on any atom is 0.212 e. The molecule has 0 saturated carbocycles. The Morgan fingerprint density at radius 1 is 0.794 bits per heavy atom. The van der Waals surface area contributed by atoms with E-state index in [-0.39, 0.29) is 0 Å². The SMILES string of the molecule is N#Cc1c(-c2nnc3n2N=C(c2ccccc2)CS3)nn(-c2ccccc2)c1-c1ccccc1. The standard InChI is InChI=1S/C26H17N7S/c27-16-21-23(25-28-29-26-33(25)30-22(17-34-26)18-10-4-1-5-11-18)31-32(20-14-8-3-9-15-20)24(21)19-12-6-2-7-13-19/h1-15H,17H2. The predicted molar refractivity (Wildman–Crippen MR) is 132 cm³/mol. The van der Waals surface area contributed by atoms with Crippen LogP contribution < -0.4 is 0 Å². The van der Waals surface area contributed by atoms with E-state index in [1.54, 1.807) is 21.1 Å². The quantitative estimate of drug-likeness (QED) is 0.376. The fraction of sp³-hybridized carbons (Fsp3) is 0.0385. The minimum Gasteiger partial charge on any atom is -0.231 e. The number of para-hydroxylation sites is 1. The zero-order valence-corrected chi connectivity index (χ0v) is 18.7. The Bertz CT molecular complexity index is 1550. The van der Waals surface area contributed by atoms with E-state index in [4.69, 9.17) is 10.2 Å². The number of hydrogen-bond acceptors (Lipinski definition) is 6. The molecule has 162 valence electrons. The first-order valence-electron chi connectivity index (χ1n) is 10.7. The van der Waals surface area contributed by atoms with Gasteiger partial charge in [-0.25, -0.2) is 4.68 Å². The summed E-state index contributed by atoms with van der Waals surface area (Å²) in [5, 5.41) is 29.4. The number of nitrogens with zero attached hydrogens (tertiary/aromatic N) is 7. The second-order valence-electron chi connectivity index (χ2n) is 7.62. The number of nitriles is 1. The molecule has 1 aliphatic rings. The fourth-order valence-corrected chi connectivity index (χ4v) is 4.78. The summed E-state index contributed by atoms with van der Waals surface area (Å²) in [5.74, 6) is 1.14. The molecular weight excluding hydrogens is 442 g/mol. The Kier molecular flexibility index (Phi) is 5.02. The lowest BCUT2D eigenvalue weighted by atomic mass is 10.1. The molecule has 8 heteroatoms. The second kappa shape index (κ2) is 8.46. The summed E-state index contributed by atoms with van der Waals surface area (Å²) in [5.41, 5.74) is 5.29. The normalized spacial score (nSPS) is 12.6. The van der Waals surface area contributed by atoms with Gasteiger partial charge in [0.2, 0.25) is 11.0 Å². The summed E-state index contributed by atoms with van der Waals surface area (Å²) in [4.78, 5) is 0. The first-order valence-corrected chi connectivity index (χ1v) is 11.7. The van der Waals surface area contributed by atoms with E-state index in [9.17, 15) is 5.26 Å². The Hall–Kier alpha value is -4.48. The summed E-state index contributed by atoms with van der Waals surface area (Å²) in [6.07, 6.45) is 0. The van der Waals surface area contributed by atoms with Gasteiger partial charge in [-0.2, -0.15) is 20.1 Å². The van der Waals surface area contributed by atoms with Crippen LogP contribution in [-0.4, -0.2) is 36.1 Å². The highest BCUT2D eigenvalue weighted by Gasteiger charge is 2.28. The van der Waals surface area contributed by atoms with E-state index in [0.717, 1.165) is 22.5 Å². The Morgan fingerprint density at radius 3 is 2.12 bits per heavy atom. The minimum atomic E-state index is 0.428. The number of benzene rings is 3. The zero-order valence-electron chi connectivity index (χ0n) is 17.9. The van der Waals surface area contributed by atoms with Crippen molar-refractivity contribution in [2.24, 2.45) is 5.10 Å². The van der Waals surface area contributed by atoms with Crippen LogP contribution in [0.1, 0.15) is 11.1 Å². The van der Waals surface area contributed by atoms with Crippen molar-refractivity contribution < 1.29 is 0 Å². The van der Waals surface area contributed by atoms with Crippen molar-refractivity contribution in [1.82, 2.24) is 24.7 Å². The van der Waals surface area contributed by atoms with Crippen LogP contribution in [-0.2, 0) is 0 Å². The van der Waals surface area contributed by atoms with Gasteiger partial charge in [0.1, 0.15) is 11.6 Å². The molecule has 0 atom stereocenters. The Labute approximate surface area is 200 Å². The van der Waals surface area contributed by atoms with Crippen LogP contribution in [0.2, 0.25) is 0 Å². The van der Waals surface area contributed by atoms with Crippen molar-refractivity contribution >= 4 is 17.5 Å². The smallest absolute Gasteiger partial charge is 0.212 e. The molecule has 7 nitrogen and oxygen atoms in total. The van der Waals surface area contributed by atoms with Crippen LogP contribution in [0.3, 0.4) is 0 Å². The molecule has 0 saturated heterocycles. The van der Waals surface area contributed by atoms with Gasteiger partial charge >= 0.3 is 0 Å². The highest BCUT2D eigenvalue weighted by atomic mass is 32.2. The number of fused-ring (bicyclic) bond motifs is 1. The number of hydrogen-bond donors (Lipinski definition) is 0. The van der Waals surface area contributed by atoms with Crippen LogP contribution in [0.15, 0.2) is 101 Å². The molecule has 0 spiro atoms. The molecule has 0 fully saturated rings. The third-order valence-corrected chi connectivity index (χ3v) is 6.47. The molecule has 0 amide bonds. The highest BCUT2D eigenvalue weighted by molar-refractivity contribution is 7.99. The van der Waals surface area contributed by atoms with Gasteiger partial charge < -0.3 is 0 Å². The number of thioether (sulfide) groups is 1. The lowest BCUT2D eigenvalue weighted by Gasteiger charge is -2.13. The molecule has 0 radical (unpaired) electrons. The van der Waals surface area contributed by atoms with Crippen molar-refractivity contribution in [3.8, 4) is 34.5 Å². The second-order valence-corrected chi connectivity index (χ2v) is 8.56. The van der Waals surface area contributed by atoms with E-state index >= 15 is 0 Å². The molecule has 3 heterocycles. The van der Waals surface area contributed by atoms with Gasteiger partial charge in [0.25, 0.3) is 0 Å². The van der Waals surface area contributed by atoms with Gasteiger partial charge in [-0.3, -0.25) is 0 Å². The van der Waals surface area contributed by atoms with Crippen molar-refractivity contribution in [2.75, 3.05) is 5.75 Å². The lowest BCUT2D eigenvalue weighted by molar-refractivity contribution is 0.758. The van der Waals surface area contributed by atoms with Gasteiger partial charge in [0.05, 0.1) is 17.1 Å². The Morgan fingerprint density at radius 2 is 1.44 bits per heavy atom. The Balaban J connectivity index is 1.57. The van der Waals surface area contributed by atoms with Crippen LogP contribution >= 0.6 is 11.8 Å². The number of rotatable bonds is 4. The van der Waals surface area contributed by atoms with Gasteiger partial charge in [-0.15, -0.1) is 10.2 Å². The molecule has 1 aliphatic heterocycles. The van der Waals surface area contributed by atoms with Gasteiger partial charge in [0, 0.05) is 11.3 Å². The summed E-state index contributed by atoms with van der Waals surface area (Å²) < 4.78 is 3.49. The van der Waals surface area contributed by atoms with E-state index in [0.29, 0.717) is 33.7 Å². The topological polar surface area (TPSA) is 84.7 Å². The molecule has 2 aromatic heterocycles. The van der Waals surface area contributed by atoms with E-state index < -0.39 is 0 Å². The first-order chi connectivity index (χ1) is 16.8. The molecule has 0 N–H and O–H groups in total. The molecule has 0 bridgehead atoms. The summed E-state index contributed by atoms with van der Waals surface area (Å²) in [6, 6.07) is 32.0. The average Bonchev–Trinajstić information content (AvgIpc) is 3.51. The summed E-state index contributed by atoms with van der Waals surface area (Å²) >= 11 is 1.57. The molecule has 5 aromatic rings. The highest BCUT2D eigenvalue weighted by Crippen LogP contribution is 2.35. The van der Waals surface area contributed by atoms with Crippen LogP contribution in [0.4, 0.5) is 0 Å². The van der Waals surface area contributed by atoms with E-state index in [1.807, 2.05) is 91.0 Å². The maximum absolute atomic E-state index is 10.3. The molecular formula is C26H17N7S. The van der Waals surface area contributed by atoms with Crippen molar-refractivity contribution in [3.05, 3.63) is 102 Å². The molecule has 0 unspecified atom stereocenters. The van der Waals surface area contributed by atoms with Crippen LogP contribution in [0, 0.1) is 11.3 Å².